The Bertz CT molecular complexity index is 972. The van der Waals surface area contributed by atoms with Crippen molar-refractivity contribution in [2.24, 2.45) is 0 Å². The molecule has 1 fully saturated rings. The molecule has 1 N–H and O–H groups in total. The van der Waals surface area contributed by atoms with Crippen LogP contribution >= 0.6 is 11.8 Å². The average molecular weight is 451 g/mol. The van der Waals surface area contributed by atoms with Crippen molar-refractivity contribution in [1.29, 1.82) is 0 Å². The molecule has 166 valence electrons. The number of rotatable bonds is 5. The third kappa shape index (κ3) is 4.61. The number of Topliss-reactive ketones (excluding diaryl/α,β-unsaturated/α-hetero) is 1. The van der Waals surface area contributed by atoms with E-state index in [2.05, 4.69) is 4.90 Å². The van der Waals surface area contributed by atoms with E-state index in [4.69, 9.17) is 0 Å². The molecule has 2 heterocycles. The van der Waals surface area contributed by atoms with Crippen molar-refractivity contribution in [1.82, 2.24) is 4.90 Å². The smallest absolute Gasteiger partial charge is 0.382 e. The van der Waals surface area contributed by atoms with Crippen LogP contribution in [0.5, 0.6) is 0 Å². The van der Waals surface area contributed by atoms with Gasteiger partial charge in [-0.2, -0.15) is 13.2 Å². The largest absolute Gasteiger partial charge is 0.416 e. The second-order valence-electron chi connectivity index (χ2n) is 8.18. The van der Waals surface area contributed by atoms with Gasteiger partial charge in [0.05, 0.1) is 16.9 Å². The summed E-state index contributed by atoms with van der Waals surface area (Å²) in [6, 6.07) is 11.7. The normalized spacial score (nSPS) is 18.4. The molecule has 31 heavy (non-hydrogen) atoms. The number of alkyl halides is 3. The molecule has 0 aliphatic carbocycles. The van der Waals surface area contributed by atoms with E-state index in [0.717, 1.165) is 34.5 Å². The molecule has 8 heteroatoms. The van der Waals surface area contributed by atoms with Crippen molar-refractivity contribution in [3.05, 3.63) is 48.0 Å². The quantitative estimate of drug-likeness (QED) is 0.686. The summed E-state index contributed by atoms with van der Waals surface area (Å²) in [7, 11) is 0. The van der Waals surface area contributed by atoms with E-state index in [-0.39, 0.29) is 5.78 Å². The van der Waals surface area contributed by atoms with Crippen molar-refractivity contribution in [2.45, 2.75) is 47.8 Å². The van der Waals surface area contributed by atoms with E-state index in [1.165, 1.54) is 24.8 Å². The van der Waals surface area contributed by atoms with E-state index in [1.807, 2.05) is 29.2 Å². The molecule has 2 aromatic rings. The minimum atomic E-state index is -4.39. The number of ketones is 1. The zero-order chi connectivity index (χ0) is 22.2. The standard InChI is InChI=1S/C23H25F3N2O2S/c1-16(29)22(30)9-13-27(14-10-22)11-4-12-28-18-5-2-3-6-20(18)31-21-8-7-17(15-19(21)28)23(24,25)26/h2-3,5-8,15,30H,4,9-14H2,1H3. The van der Waals surface area contributed by atoms with Crippen LogP contribution in [-0.4, -0.2) is 47.6 Å². The van der Waals surface area contributed by atoms with Crippen LogP contribution in [0.1, 0.15) is 31.7 Å². The lowest BCUT2D eigenvalue weighted by Gasteiger charge is -2.37. The predicted octanol–water partition coefficient (Wildman–Crippen LogP) is 5.11. The molecule has 4 rings (SSSR count). The number of likely N-dealkylation sites (tertiary alicyclic amines) is 1. The number of halogens is 3. The van der Waals surface area contributed by atoms with E-state index in [9.17, 15) is 23.1 Å². The van der Waals surface area contributed by atoms with Crippen LogP contribution in [0.3, 0.4) is 0 Å². The number of hydrogen-bond acceptors (Lipinski definition) is 5. The van der Waals surface area contributed by atoms with Crippen molar-refractivity contribution in [2.75, 3.05) is 31.1 Å². The zero-order valence-corrected chi connectivity index (χ0v) is 18.1. The van der Waals surface area contributed by atoms with Crippen LogP contribution in [0.2, 0.25) is 0 Å². The highest BCUT2D eigenvalue weighted by Crippen LogP contribution is 2.49. The van der Waals surface area contributed by atoms with Crippen LogP contribution < -0.4 is 4.90 Å². The SMILES string of the molecule is CC(=O)C1(O)CCN(CCCN2c3ccccc3Sc3ccc(C(F)(F)F)cc32)CC1. The number of hydrogen-bond donors (Lipinski definition) is 1. The molecule has 2 aliphatic rings. The third-order valence-electron chi connectivity index (χ3n) is 6.15. The first-order valence-electron chi connectivity index (χ1n) is 10.4. The van der Waals surface area contributed by atoms with Gasteiger partial charge in [-0.15, -0.1) is 0 Å². The molecule has 0 bridgehead atoms. The highest BCUT2D eigenvalue weighted by molar-refractivity contribution is 7.99. The molecular formula is C23H25F3N2O2S. The molecule has 0 radical (unpaired) electrons. The molecule has 0 amide bonds. The van der Waals surface area contributed by atoms with Crippen molar-refractivity contribution < 1.29 is 23.1 Å². The minimum Gasteiger partial charge on any atom is -0.382 e. The molecular weight excluding hydrogens is 425 g/mol. The summed E-state index contributed by atoms with van der Waals surface area (Å²) in [6.45, 7) is 4.04. The first-order valence-corrected chi connectivity index (χ1v) is 11.2. The van der Waals surface area contributed by atoms with Gasteiger partial charge in [0.15, 0.2) is 5.78 Å². The number of piperidine rings is 1. The molecule has 0 unspecified atom stereocenters. The van der Waals surface area contributed by atoms with Crippen LogP contribution in [0.25, 0.3) is 0 Å². The van der Waals surface area contributed by atoms with Gasteiger partial charge in [0, 0.05) is 29.4 Å². The maximum atomic E-state index is 13.3. The van der Waals surface area contributed by atoms with Gasteiger partial charge in [-0.3, -0.25) is 4.79 Å². The van der Waals surface area contributed by atoms with Crippen molar-refractivity contribution in [3.63, 3.8) is 0 Å². The van der Waals surface area contributed by atoms with Crippen LogP contribution in [-0.2, 0) is 11.0 Å². The lowest BCUT2D eigenvalue weighted by atomic mass is 9.88. The Kier molecular flexibility index (Phi) is 6.07. The monoisotopic (exact) mass is 450 g/mol. The fraction of sp³-hybridized carbons (Fsp3) is 0.435. The molecule has 4 nitrogen and oxygen atoms in total. The van der Waals surface area contributed by atoms with Gasteiger partial charge in [-0.05, 0) is 63.1 Å². The highest BCUT2D eigenvalue weighted by atomic mass is 32.2. The predicted molar refractivity (Wildman–Crippen MR) is 115 cm³/mol. The van der Waals surface area contributed by atoms with Gasteiger partial charge in [0.25, 0.3) is 0 Å². The second-order valence-corrected chi connectivity index (χ2v) is 9.27. The van der Waals surface area contributed by atoms with Gasteiger partial charge >= 0.3 is 6.18 Å². The molecule has 0 saturated carbocycles. The summed E-state index contributed by atoms with van der Waals surface area (Å²) in [5.74, 6) is -0.188. The number of anilines is 2. The first kappa shape index (κ1) is 22.2. The van der Waals surface area contributed by atoms with Crippen LogP contribution in [0.4, 0.5) is 24.5 Å². The lowest BCUT2D eigenvalue weighted by molar-refractivity contribution is -0.140. The Morgan fingerprint density at radius 2 is 1.74 bits per heavy atom. The van der Waals surface area contributed by atoms with Gasteiger partial charge in [-0.25, -0.2) is 0 Å². The number of fused-ring (bicyclic) bond motifs is 2. The zero-order valence-electron chi connectivity index (χ0n) is 17.3. The highest BCUT2D eigenvalue weighted by Gasteiger charge is 2.36. The topological polar surface area (TPSA) is 43.8 Å². The Morgan fingerprint density at radius 1 is 1.06 bits per heavy atom. The van der Waals surface area contributed by atoms with E-state index in [0.29, 0.717) is 38.2 Å². The molecule has 2 aromatic carbocycles. The van der Waals surface area contributed by atoms with E-state index in [1.54, 1.807) is 6.07 Å². The maximum absolute atomic E-state index is 13.3. The van der Waals surface area contributed by atoms with Crippen molar-refractivity contribution >= 4 is 28.9 Å². The Labute approximate surface area is 184 Å². The summed E-state index contributed by atoms with van der Waals surface area (Å²) in [4.78, 5) is 17.6. The third-order valence-corrected chi connectivity index (χ3v) is 7.28. The van der Waals surface area contributed by atoms with Crippen LogP contribution in [0, 0.1) is 0 Å². The van der Waals surface area contributed by atoms with Gasteiger partial charge in [0.2, 0.25) is 0 Å². The summed E-state index contributed by atoms with van der Waals surface area (Å²) in [6.07, 6.45) is -2.79. The molecule has 0 spiro atoms. The van der Waals surface area contributed by atoms with Gasteiger partial charge in [-0.1, -0.05) is 23.9 Å². The Hall–Kier alpha value is -2.03. The fourth-order valence-electron chi connectivity index (χ4n) is 4.20. The number of carbonyl (C=O) groups is 1. The van der Waals surface area contributed by atoms with E-state index >= 15 is 0 Å². The maximum Gasteiger partial charge on any atom is 0.416 e. The second kappa shape index (κ2) is 8.48. The molecule has 2 aliphatic heterocycles. The summed E-state index contributed by atoms with van der Waals surface area (Å²) >= 11 is 1.49. The lowest BCUT2D eigenvalue weighted by Crippen LogP contribution is -2.48. The number of para-hydroxylation sites is 1. The minimum absolute atomic E-state index is 0.188. The first-order chi connectivity index (χ1) is 14.7. The molecule has 0 atom stereocenters. The van der Waals surface area contributed by atoms with Crippen molar-refractivity contribution in [3.8, 4) is 0 Å². The van der Waals surface area contributed by atoms with E-state index < -0.39 is 17.3 Å². The number of aliphatic hydroxyl groups is 1. The molecule has 0 aromatic heterocycles. The summed E-state index contributed by atoms with van der Waals surface area (Å²) in [5.41, 5.74) is -0.352. The average Bonchev–Trinajstić information content (AvgIpc) is 2.73. The van der Waals surface area contributed by atoms with Gasteiger partial charge in [0.1, 0.15) is 5.60 Å². The summed E-state index contributed by atoms with van der Waals surface area (Å²) in [5, 5.41) is 10.3. The Morgan fingerprint density at radius 3 is 2.42 bits per heavy atom. The Balaban J connectivity index is 1.49. The molecule has 1 saturated heterocycles. The van der Waals surface area contributed by atoms with Gasteiger partial charge < -0.3 is 14.9 Å². The fourth-order valence-corrected chi connectivity index (χ4v) is 5.27. The number of carbonyl (C=O) groups excluding carboxylic acids is 1. The summed E-state index contributed by atoms with van der Waals surface area (Å²) < 4.78 is 40.0. The van der Waals surface area contributed by atoms with Crippen LogP contribution in [0.15, 0.2) is 52.3 Å². The number of benzene rings is 2. The number of nitrogens with zero attached hydrogens (tertiary/aromatic N) is 2.